The molecular formula is C24H27N3O5. The fourth-order valence-electron chi connectivity index (χ4n) is 2.88. The summed E-state index contributed by atoms with van der Waals surface area (Å²) in [5.74, 6) is 1.80. The molecule has 3 rings (SSSR count). The van der Waals surface area contributed by atoms with Gasteiger partial charge in [-0.05, 0) is 61.0 Å². The molecule has 0 aliphatic rings. The molecule has 0 unspecified atom stereocenters. The van der Waals surface area contributed by atoms with Gasteiger partial charge in [-0.3, -0.25) is 9.59 Å². The van der Waals surface area contributed by atoms with E-state index in [2.05, 4.69) is 10.4 Å². The van der Waals surface area contributed by atoms with Gasteiger partial charge in [-0.1, -0.05) is 6.92 Å². The van der Waals surface area contributed by atoms with Crippen molar-refractivity contribution in [3.63, 3.8) is 0 Å². The average molecular weight is 437 g/mol. The number of hydrogen-bond donors (Lipinski definition) is 1. The largest absolute Gasteiger partial charge is 0.497 e. The lowest BCUT2D eigenvalue weighted by molar-refractivity contribution is -0.123. The van der Waals surface area contributed by atoms with E-state index in [1.165, 1.54) is 10.7 Å². The molecule has 1 N–H and O–H groups in total. The summed E-state index contributed by atoms with van der Waals surface area (Å²) in [6.45, 7) is 3.08. The Morgan fingerprint density at radius 1 is 0.938 bits per heavy atom. The number of ether oxygens (including phenoxy) is 3. The predicted octanol–water partition coefficient (Wildman–Crippen LogP) is 2.90. The van der Waals surface area contributed by atoms with Gasteiger partial charge in [-0.2, -0.15) is 5.10 Å². The van der Waals surface area contributed by atoms with Crippen molar-refractivity contribution in [2.45, 2.75) is 19.9 Å². The van der Waals surface area contributed by atoms with Gasteiger partial charge >= 0.3 is 0 Å². The third-order valence-electron chi connectivity index (χ3n) is 4.56. The minimum Gasteiger partial charge on any atom is -0.497 e. The molecule has 1 heterocycles. The maximum absolute atomic E-state index is 12.1. The van der Waals surface area contributed by atoms with E-state index in [-0.39, 0.29) is 31.2 Å². The molecule has 0 aliphatic heterocycles. The zero-order valence-corrected chi connectivity index (χ0v) is 18.2. The van der Waals surface area contributed by atoms with Crippen molar-refractivity contribution in [1.29, 1.82) is 0 Å². The summed E-state index contributed by atoms with van der Waals surface area (Å²) in [6, 6.07) is 17.7. The van der Waals surface area contributed by atoms with Gasteiger partial charge in [0.05, 0.1) is 26.0 Å². The van der Waals surface area contributed by atoms with Gasteiger partial charge in [0.25, 0.3) is 11.5 Å². The van der Waals surface area contributed by atoms with Crippen LogP contribution in [0.5, 0.6) is 17.2 Å². The summed E-state index contributed by atoms with van der Waals surface area (Å²) in [5, 5.41) is 7.12. The molecule has 8 heteroatoms. The number of nitrogens with zero attached hydrogens (tertiary/aromatic N) is 2. The van der Waals surface area contributed by atoms with E-state index >= 15 is 0 Å². The lowest BCUT2D eigenvalue weighted by Gasteiger charge is -2.10. The Bertz CT molecular complexity index is 1060. The van der Waals surface area contributed by atoms with Crippen LogP contribution in [0, 0.1) is 0 Å². The van der Waals surface area contributed by atoms with Crippen molar-refractivity contribution in [3.05, 3.63) is 71.0 Å². The van der Waals surface area contributed by atoms with Gasteiger partial charge in [0.2, 0.25) is 0 Å². The van der Waals surface area contributed by atoms with Gasteiger partial charge in [-0.25, -0.2) is 4.68 Å². The van der Waals surface area contributed by atoms with Crippen LogP contribution in [0.15, 0.2) is 65.5 Å². The third-order valence-corrected chi connectivity index (χ3v) is 4.56. The molecule has 0 saturated carbocycles. The van der Waals surface area contributed by atoms with Gasteiger partial charge in [0.15, 0.2) is 6.61 Å². The van der Waals surface area contributed by atoms with Crippen molar-refractivity contribution in [3.8, 4) is 28.5 Å². The van der Waals surface area contributed by atoms with E-state index in [0.717, 1.165) is 23.5 Å². The number of carbonyl (C=O) groups excluding carboxylic acids is 1. The summed E-state index contributed by atoms with van der Waals surface area (Å²) in [5.41, 5.74) is 1.29. The molecule has 1 amide bonds. The number of hydrogen-bond acceptors (Lipinski definition) is 6. The van der Waals surface area contributed by atoms with Crippen LogP contribution in [-0.2, 0) is 11.3 Å². The van der Waals surface area contributed by atoms with Gasteiger partial charge in [0.1, 0.15) is 17.2 Å². The molecule has 2 aromatic carbocycles. The van der Waals surface area contributed by atoms with Crippen LogP contribution in [0.4, 0.5) is 0 Å². The van der Waals surface area contributed by atoms with E-state index in [1.54, 1.807) is 37.4 Å². The molecule has 0 atom stereocenters. The second kappa shape index (κ2) is 11.5. The topological polar surface area (TPSA) is 91.7 Å². The highest BCUT2D eigenvalue weighted by Gasteiger charge is 2.06. The quantitative estimate of drug-likeness (QED) is 0.496. The standard InChI is InChI=1S/C24H27N3O5/c1-3-16-31-20-8-10-21(11-9-20)32-17-23(28)25-14-15-27-24(29)13-12-22(26-27)18-4-6-19(30-2)7-5-18/h4-13H,3,14-17H2,1-2H3,(H,25,28). The number of methoxy groups -OCH3 is 1. The van der Waals surface area contributed by atoms with E-state index in [0.29, 0.717) is 18.1 Å². The zero-order valence-electron chi connectivity index (χ0n) is 18.2. The summed E-state index contributed by atoms with van der Waals surface area (Å²) >= 11 is 0. The molecule has 1 aromatic heterocycles. The maximum atomic E-state index is 12.1. The summed E-state index contributed by atoms with van der Waals surface area (Å²) < 4.78 is 17.5. The molecule has 8 nitrogen and oxygen atoms in total. The first-order chi connectivity index (χ1) is 15.6. The van der Waals surface area contributed by atoms with E-state index in [9.17, 15) is 9.59 Å². The molecule has 0 fully saturated rings. The molecule has 0 radical (unpaired) electrons. The van der Waals surface area contributed by atoms with E-state index in [4.69, 9.17) is 14.2 Å². The number of aromatic nitrogens is 2. The Morgan fingerprint density at radius 2 is 1.59 bits per heavy atom. The predicted molar refractivity (Wildman–Crippen MR) is 121 cm³/mol. The molecule has 32 heavy (non-hydrogen) atoms. The Kier molecular flexibility index (Phi) is 8.25. The lowest BCUT2D eigenvalue weighted by Crippen LogP contribution is -2.34. The SMILES string of the molecule is CCCOc1ccc(OCC(=O)NCCn2nc(-c3ccc(OC)cc3)ccc2=O)cc1. The van der Waals surface area contributed by atoms with Gasteiger partial charge < -0.3 is 19.5 Å². The summed E-state index contributed by atoms with van der Waals surface area (Å²) in [4.78, 5) is 24.2. The van der Waals surface area contributed by atoms with Gasteiger partial charge in [-0.15, -0.1) is 0 Å². The van der Waals surface area contributed by atoms with Crippen molar-refractivity contribution >= 4 is 5.91 Å². The van der Waals surface area contributed by atoms with Crippen LogP contribution in [0.2, 0.25) is 0 Å². The maximum Gasteiger partial charge on any atom is 0.266 e. The molecule has 168 valence electrons. The molecule has 0 saturated heterocycles. The monoisotopic (exact) mass is 437 g/mol. The Balaban J connectivity index is 1.48. The van der Waals surface area contributed by atoms with Crippen LogP contribution in [0.1, 0.15) is 13.3 Å². The van der Waals surface area contributed by atoms with Crippen LogP contribution >= 0.6 is 0 Å². The van der Waals surface area contributed by atoms with Crippen LogP contribution in [0.25, 0.3) is 11.3 Å². The molecule has 0 aliphatic carbocycles. The number of carbonyl (C=O) groups is 1. The Hall–Kier alpha value is -3.81. The normalized spacial score (nSPS) is 10.4. The van der Waals surface area contributed by atoms with Crippen molar-refractivity contribution in [2.24, 2.45) is 0 Å². The first kappa shape index (κ1) is 22.9. The molecule has 0 bridgehead atoms. The number of rotatable bonds is 11. The number of nitrogens with one attached hydrogen (secondary N) is 1. The second-order valence-electron chi connectivity index (χ2n) is 6.97. The van der Waals surface area contributed by atoms with E-state index in [1.807, 2.05) is 31.2 Å². The van der Waals surface area contributed by atoms with Crippen LogP contribution in [0.3, 0.4) is 0 Å². The number of amides is 1. The van der Waals surface area contributed by atoms with E-state index < -0.39 is 0 Å². The van der Waals surface area contributed by atoms with Crippen molar-refractivity contribution in [1.82, 2.24) is 15.1 Å². The minimum absolute atomic E-state index is 0.122. The second-order valence-corrected chi connectivity index (χ2v) is 6.97. The lowest BCUT2D eigenvalue weighted by atomic mass is 10.1. The average Bonchev–Trinajstić information content (AvgIpc) is 2.83. The van der Waals surface area contributed by atoms with Crippen molar-refractivity contribution < 1.29 is 19.0 Å². The Morgan fingerprint density at radius 3 is 2.25 bits per heavy atom. The molecular weight excluding hydrogens is 410 g/mol. The minimum atomic E-state index is -0.282. The zero-order chi connectivity index (χ0) is 22.8. The fourth-order valence-corrected chi connectivity index (χ4v) is 2.88. The first-order valence-electron chi connectivity index (χ1n) is 10.4. The highest BCUT2D eigenvalue weighted by molar-refractivity contribution is 5.77. The van der Waals surface area contributed by atoms with Crippen LogP contribution < -0.4 is 25.1 Å². The van der Waals surface area contributed by atoms with Crippen molar-refractivity contribution in [2.75, 3.05) is 26.9 Å². The fraction of sp³-hybridized carbons (Fsp3) is 0.292. The molecule has 3 aromatic rings. The molecule has 0 spiro atoms. The highest BCUT2D eigenvalue weighted by atomic mass is 16.5. The smallest absolute Gasteiger partial charge is 0.266 e. The summed E-state index contributed by atoms with van der Waals surface area (Å²) in [7, 11) is 1.60. The summed E-state index contributed by atoms with van der Waals surface area (Å²) in [6.07, 6.45) is 0.936. The number of benzene rings is 2. The third kappa shape index (κ3) is 6.60. The highest BCUT2D eigenvalue weighted by Crippen LogP contribution is 2.19. The first-order valence-corrected chi connectivity index (χ1v) is 10.4. The van der Waals surface area contributed by atoms with Crippen LogP contribution in [-0.4, -0.2) is 42.6 Å². The Labute approximate surface area is 186 Å². The van der Waals surface area contributed by atoms with Gasteiger partial charge in [0, 0.05) is 18.2 Å².